The molecule has 0 saturated carbocycles. The summed E-state index contributed by atoms with van der Waals surface area (Å²) in [6, 6.07) is 14.1. The van der Waals surface area contributed by atoms with Crippen LogP contribution in [0.2, 0.25) is 0 Å². The van der Waals surface area contributed by atoms with Crippen molar-refractivity contribution in [2.45, 2.75) is 72.7 Å². The van der Waals surface area contributed by atoms with E-state index in [0.29, 0.717) is 11.1 Å². The minimum absolute atomic E-state index is 0.0741. The van der Waals surface area contributed by atoms with Gasteiger partial charge in [-0.1, -0.05) is 63.2 Å². The molecule has 1 heterocycles. The summed E-state index contributed by atoms with van der Waals surface area (Å²) in [4.78, 5) is 54.5. The normalized spacial score (nSPS) is 13.6. The van der Waals surface area contributed by atoms with Crippen LogP contribution in [0.15, 0.2) is 60.7 Å². The number of carbonyl (C=O) groups is 4. The molecular weight excluding hydrogens is 606 g/mol. The Balaban J connectivity index is 2.07. The van der Waals surface area contributed by atoms with E-state index in [1.165, 1.54) is 18.2 Å². The van der Waals surface area contributed by atoms with Crippen molar-refractivity contribution in [2.24, 2.45) is 22.8 Å². The molecule has 252 valence electrons. The van der Waals surface area contributed by atoms with E-state index in [9.17, 15) is 29.4 Å². The van der Waals surface area contributed by atoms with Gasteiger partial charge < -0.3 is 31.2 Å². The van der Waals surface area contributed by atoms with E-state index in [2.05, 4.69) is 0 Å². The van der Waals surface area contributed by atoms with Gasteiger partial charge in [-0.2, -0.15) is 0 Å². The number of amides is 1. The van der Waals surface area contributed by atoms with Crippen molar-refractivity contribution < 1.29 is 38.9 Å². The van der Waals surface area contributed by atoms with Crippen LogP contribution in [-0.2, 0) is 35.1 Å². The molecule has 13 heteroatoms. The lowest BCUT2D eigenvalue weighted by molar-refractivity contribution is -0.174. The van der Waals surface area contributed by atoms with E-state index in [0.717, 1.165) is 16.4 Å². The first-order valence-corrected chi connectivity index (χ1v) is 14.9. The number of hydrogen-bond donors (Lipinski definition) is 5. The molecule has 0 aliphatic rings. The lowest BCUT2D eigenvalue weighted by Crippen LogP contribution is -2.52. The monoisotopic (exact) mass is 649 g/mol. The number of esters is 3. The van der Waals surface area contributed by atoms with Crippen LogP contribution in [0.4, 0.5) is 5.69 Å². The van der Waals surface area contributed by atoms with Gasteiger partial charge in [0.25, 0.3) is 0 Å². The highest BCUT2D eigenvalue weighted by Crippen LogP contribution is 2.38. The maximum absolute atomic E-state index is 13.9. The van der Waals surface area contributed by atoms with Crippen molar-refractivity contribution in [1.82, 2.24) is 4.57 Å². The topological polar surface area (TPSA) is 211 Å². The lowest BCUT2D eigenvalue weighted by atomic mass is 9.76. The molecule has 1 aromatic heterocycles. The summed E-state index contributed by atoms with van der Waals surface area (Å²) in [6.45, 7) is 11.2. The van der Waals surface area contributed by atoms with Gasteiger partial charge in [0.2, 0.25) is 12.1 Å². The predicted molar refractivity (Wildman–Crippen MR) is 175 cm³/mol. The number of hydrogen-bond acceptors (Lipinski definition) is 10. The third-order valence-corrected chi connectivity index (χ3v) is 7.22. The molecule has 0 fully saturated rings. The van der Waals surface area contributed by atoms with Gasteiger partial charge in [0.15, 0.2) is 11.8 Å². The summed E-state index contributed by atoms with van der Waals surface area (Å²) in [5.41, 5.74) is 11.5. The Morgan fingerprint density at radius 3 is 1.98 bits per heavy atom. The summed E-state index contributed by atoms with van der Waals surface area (Å²) in [5, 5.41) is 30.0. The fourth-order valence-corrected chi connectivity index (χ4v) is 5.12. The van der Waals surface area contributed by atoms with Gasteiger partial charge in [0.05, 0.1) is 5.92 Å². The number of rotatable bonds is 10. The number of nitrogens with one attached hydrogen (secondary N) is 1. The number of aromatic hydroxyl groups is 2. The van der Waals surface area contributed by atoms with Crippen molar-refractivity contribution in [2.75, 3.05) is 4.90 Å². The first-order valence-electron chi connectivity index (χ1n) is 14.9. The van der Waals surface area contributed by atoms with Crippen LogP contribution in [0, 0.1) is 16.7 Å². The Kier molecular flexibility index (Phi) is 10.9. The van der Waals surface area contributed by atoms with Crippen LogP contribution in [-0.4, -0.2) is 56.1 Å². The number of amidine groups is 1. The fraction of sp³-hybridized carbons (Fsp3) is 0.382. The number of anilines is 1. The molecule has 0 radical (unpaired) electrons. The highest BCUT2D eigenvalue weighted by Gasteiger charge is 2.45. The molecule has 2 aromatic carbocycles. The molecule has 3 atom stereocenters. The molecular formula is C34H43N5O8. The Hall–Kier alpha value is -5.17. The fourth-order valence-electron chi connectivity index (χ4n) is 5.12. The van der Waals surface area contributed by atoms with Crippen molar-refractivity contribution in [3.8, 4) is 11.8 Å². The molecule has 13 nitrogen and oxygen atoms in total. The van der Waals surface area contributed by atoms with Gasteiger partial charge in [0, 0.05) is 36.2 Å². The zero-order chi connectivity index (χ0) is 35.4. The van der Waals surface area contributed by atoms with Crippen LogP contribution in [0.3, 0.4) is 0 Å². The Bertz CT molecular complexity index is 1640. The zero-order valence-corrected chi connectivity index (χ0v) is 27.6. The lowest BCUT2D eigenvalue weighted by Gasteiger charge is -2.35. The molecule has 3 aromatic rings. The van der Waals surface area contributed by atoms with Gasteiger partial charge in [-0.25, -0.2) is 9.59 Å². The largest absolute Gasteiger partial charge is 0.494 e. The Labute approximate surface area is 273 Å². The molecule has 7 N–H and O–H groups in total. The minimum Gasteiger partial charge on any atom is -0.494 e. The SMILES string of the molecule is CC(=O)N(c1ccccc1)[C@H](C(=O)OC(=O)[C@@H](N)C(C(=O)OC(C)(C)C)C(C)(C)C)n1c(O)cc(Cc2ccc(C(=N)N)cc2)c1O. The summed E-state index contributed by atoms with van der Waals surface area (Å²) in [7, 11) is 0. The number of carbonyl (C=O) groups excluding carboxylic acids is 4. The van der Waals surface area contributed by atoms with E-state index in [-0.39, 0.29) is 23.5 Å². The standard InChI is InChI=1S/C34H43N5O8/c1-19(40)38(23-11-9-8-10-12-23)28(32(45)46-31(44)26(35)25(33(2,3)4)30(43)47-34(5,6)7)39-24(41)18-22(29(39)42)17-20-13-15-21(16-14-20)27(36)37/h8-16,18,25-26,28,41-42H,17,35H2,1-7H3,(H3,36,37)/t25?,26-,28-/m0/s1. The highest BCUT2D eigenvalue weighted by molar-refractivity contribution is 6.00. The average Bonchev–Trinajstić information content (AvgIpc) is 3.21. The van der Waals surface area contributed by atoms with Crippen molar-refractivity contribution in [1.29, 1.82) is 5.41 Å². The zero-order valence-electron chi connectivity index (χ0n) is 27.6. The maximum atomic E-state index is 13.9. The first-order chi connectivity index (χ1) is 21.7. The van der Waals surface area contributed by atoms with Crippen molar-refractivity contribution in [3.63, 3.8) is 0 Å². The number of nitrogens with zero attached hydrogens (tertiary/aromatic N) is 2. The molecule has 0 spiro atoms. The van der Waals surface area contributed by atoms with Gasteiger partial charge in [-0.15, -0.1) is 0 Å². The molecule has 1 unspecified atom stereocenters. The summed E-state index contributed by atoms with van der Waals surface area (Å²) >= 11 is 0. The quantitative estimate of drug-likeness (QED) is 0.0929. The second-order valence-corrected chi connectivity index (χ2v) is 13.3. The molecule has 0 aliphatic carbocycles. The highest BCUT2D eigenvalue weighted by atomic mass is 16.6. The first kappa shape index (κ1) is 36.3. The molecule has 0 aliphatic heterocycles. The Morgan fingerprint density at radius 2 is 1.49 bits per heavy atom. The number of nitrogen functional groups attached to an aromatic ring is 1. The Morgan fingerprint density at radius 1 is 0.915 bits per heavy atom. The van der Waals surface area contributed by atoms with Crippen LogP contribution in [0.25, 0.3) is 0 Å². The van der Waals surface area contributed by atoms with Crippen molar-refractivity contribution in [3.05, 3.63) is 77.4 Å². The summed E-state index contributed by atoms with van der Waals surface area (Å²) in [5.74, 6) is -6.64. The molecule has 0 bridgehead atoms. The second kappa shape index (κ2) is 14.1. The van der Waals surface area contributed by atoms with Crippen LogP contribution >= 0.6 is 0 Å². The molecule has 47 heavy (non-hydrogen) atoms. The number of nitrogens with two attached hydrogens (primary N) is 2. The predicted octanol–water partition coefficient (Wildman–Crippen LogP) is 3.73. The summed E-state index contributed by atoms with van der Waals surface area (Å²) < 4.78 is 11.5. The van der Waals surface area contributed by atoms with E-state index in [1.54, 1.807) is 84.0 Å². The van der Waals surface area contributed by atoms with Gasteiger partial charge >= 0.3 is 17.9 Å². The number of aromatic nitrogens is 1. The van der Waals surface area contributed by atoms with Gasteiger partial charge in [0.1, 0.15) is 17.5 Å². The van der Waals surface area contributed by atoms with Gasteiger partial charge in [-0.05, 0) is 43.9 Å². The van der Waals surface area contributed by atoms with Crippen LogP contribution in [0.5, 0.6) is 11.8 Å². The third kappa shape index (κ3) is 8.76. The van der Waals surface area contributed by atoms with Gasteiger partial charge in [-0.3, -0.25) is 24.5 Å². The van der Waals surface area contributed by atoms with E-state index in [4.69, 9.17) is 26.4 Å². The minimum atomic E-state index is -1.92. The molecule has 0 saturated heterocycles. The van der Waals surface area contributed by atoms with Crippen molar-refractivity contribution >= 4 is 35.3 Å². The number of ether oxygens (including phenoxy) is 2. The van der Waals surface area contributed by atoms with Crippen LogP contribution in [0.1, 0.15) is 71.3 Å². The van der Waals surface area contributed by atoms with Crippen LogP contribution < -0.4 is 16.4 Å². The number of para-hydroxylation sites is 1. The molecule has 1 amide bonds. The molecule has 3 rings (SSSR count). The average molecular weight is 650 g/mol. The summed E-state index contributed by atoms with van der Waals surface area (Å²) in [6.07, 6.45) is -1.85. The number of benzene rings is 2. The van der Waals surface area contributed by atoms with E-state index >= 15 is 0 Å². The van der Waals surface area contributed by atoms with E-state index in [1.807, 2.05) is 0 Å². The maximum Gasteiger partial charge on any atom is 0.358 e. The van der Waals surface area contributed by atoms with E-state index < -0.39 is 64.7 Å². The second-order valence-electron chi connectivity index (χ2n) is 13.3. The smallest absolute Gasteiger partial charge is 0.358 e. The third-order valence-electron chi connectivity index (χ3n) is 7.22.